The number of rotatable bonds is 4. The molecule has 2 rings (SSSR count). The van der Waals surface area contributed by atoms with Crippen molar-refractivity contribution in [1.82, 2.24) is 14.8 Å². The standard InChI is InChI=1S/C15H23N5/c1-19(2)15(5-8-20(3)9-6-15)12-18-14-10-13(11-16)4-7-17-14/h4,7,10H,5-6,8-9,12H2,1-3H3,(H,17,18). The molecule has 1 aromatic rings. The Kier molecular flexibility index (Phi) is 4.58. The van der Waals surface area contributed by atoms with Crippen LogP contribution in [0.1, 0.15) is 18.4 Å². The minimum Gasteiger partial charge on any atom is -0.368 e. The first-order valence-corrected chi connectivity index (χ1v) is 7.02. The van der Waals surface area contributed by atoms with Crippen LogP contribution in [0, 0.1) is 11.3 Å². The summed E-state index contributed by atoms with van der Waals surface area (Å²) in [5.41, 5.74) is 0.807. The van der Waals surface area contributed by atoms with Gasteiger partial charge in [-0.2, -0.15) is 5.26 Å². The van der Waals surface area contributed by atoms with Gasteiger partial charge in [0.25, 0.3) is 0 Å². The minimum absolute atomic E-state index is 0.164. The molecule has 20 heavy (non-hydrogen) atoms. The highest BCUT2D eigenvalue weighted by molar-refractivity contribution is 5.42. The molecule has 1 N–H and O–H groups in total. The van der Waals surface area contributed by atoms with Crippen molar-refractivity contribution in [2.24, 2.45) is 0 Å². The van der Waals surface area contributed by atoms with Gasteiger partial charge in [-0.3, -0.25) is 0 Å². The van der Waals surface area contributed by atoms with E-state index in [2.05, 4.69) is 47.3 Å². The van der Waals surface area contributed by atoms with E-state index in [1.54, 1.807) is 18.3 Å². The number of hydrogen-bond donors (Lipinski definition) is 1. The van der Waals surface area contributed by atoms with Gasteiger partial charge in [0.05, 0.1) is 11.6 Å². The van der Waals surface area contributed by atoms with Crippen molar-refractivity contribution in [3.8, 4) is 6.07 Å². The molecule has 1 aliphatic heterocycles. The summed E-state index contributed by atoms with van der Waals surface area (Å²) in [6.07, 6.45) is 3.96. The average Bonchev–Trinajstić information content (AvgIpc) is 2.47. The van der Waals surface area contributed by atoms with Crippen molar-refractivity contribution >= 4 is 5.82 Å². The van der Waals surface area contributed by atoms with Gasteiger partial charge in [0.1, 0.15) is 5.82 Å². The van der Waals surface area contributed by atoms with Crippen LogP contribution >= 0.6 is 0 Å². The molecule has 0 spiro atoms. The van der Waals surface area contributed by atoms with E-state index in [1.165, 1.54) is 0 Å². The molecular formula is C15H23N5. The Labute approximate surface area is 121 Å². The number of anilines is 1. The molecule has 0 aliphatic carbocycles. The second-order valence-corrected chi connectivity index (χ2v) is 5.82. The van der Waals surface area contributed by atoms with E-state index in [-0.39, 0.29) is 5.54 Å². The number of nitrogens with one attached hydrogen (secondary N) is 1. The fourth-order valence-electron chi connectivity index (χ4n) is 2.67. The lowest BCUT2D eigenvalue weighted by Crippen LogP contribution is -2.55. The van der Waals surface area contributed by atoms with Crippen molar-refractivity contribution < 1.29 is 0 Å². The van der Waals surface area contributed by atoms with Crippen LogP contribution in [0.3, 0.4) is 0 Å². The molecule has 0 radical (unpaired) electrons. The monoisotopic (exact) mass is 273 g/mol. The Hall–Kier alpha value is -1.64. The van der Waals surface area contributed by atoms with E-state index < -0.39 is 0 Å². The molecule has 1 saturated heterocycles. The summed E-state index contributed by atoms with van der Waals surface area (Å²) in [5, 5.41) is 12.3. The first-order chi connectivity index (χ1) is 9.55. The van der Waals surface area contributed by atoms with Crippen LogP contribution < -0.4 is 5.32 Å². The van der Waals surface area contributed by atoms with Crippen molar-refractivity contribution in [2.45, 2.75) is 18.4 Å². The highest BCUT2D eigenvalue weighted by Crippen LogP contribution is 2.27. The highest BCUT2D eigenvalue weighted by atomic mass is 15.2. The number of aromatic nitrogens is 1. The molecule has 5 nitrogen and oxygen atoms in total. The second-order valence-electron chi connectivity index (χ2n) is 5.82. The molecule has 1 aromatic heterocycles. The number of likely N-dealkylation sites (tertiary alicyclic amines) is 1. The van der Waals surface area contributed by atoms with Crippen LogP contribution in [-0.4, -0.2) is 61.1 Å². The number of nitriles is 1. The number of piperidine rings is 1. The van der Waals surface area contributed by atoms with Crippen LogP contribution in [0.15, 0.2) is 18.3 Å². The molecule has 0 amide bonds. The molecule has 0 atom stereocenters. The summed E-state index contributed by atoms with van der Waals surface area (Å²) in [6, 6.07) is 5.67. The number of nitrogens with zero attached hydrogens (tertiary/aromatic N) is 4. The summed E-state index contributed by atoms with van der Waals surface area (Å²) in [7, 11) is 6.46. The number of hydrogen-bond acceptors (Lipinski definition) is 5. The number of likely N-dealkylation sites (N-methyl/N-ethyl adjacent to an activating group) is 1. The smallest absolute Gasteiger partial charge is 0.127 e. The Morgan fingerprint density at radius 2 is 2.15 bits per heavy atom. The first-order valence-electron chi connectivity index (χ1n) is 7.02. The highest BCUT2D eigenvalue weighted by Gasteiger charge is 2.35. The van der Waals surface area contributed by atoms with Gasteiger partial charge in [-0.25, -0.2) is 4.98 Å². The predicted octanol–water partition coefficient (Wildman–Crippen LogP) is 1.39. The summed E-state index contributed by atoms with van der Waals surface area (Å²) >= 11 is 0. The van der Waals surface area contributed by atoms with E-state index in [1.807, 2.05) is 0 Å². The first kappa shape index (κ1) is 14.8. The maximum Gasteiger partial charge on any atom is 0.127 e. The molecule has 0 saturated carbocycles. The summed E-state index contributed by atoms with van der Waals surface area (Å²) in [6.45, 7) is 3.09. The average molecular weight is 273 g/mol. The lowest BCUT2D eigenvalue weighted by molar-refractivity contribution is 0.0773. The van der Waals surface area contributed by atoms with Gasteiger partial charge >= 0.3 is 0 Å². The van der Waals surface area contributed by atoms with Gasteiger partial charge in [0.15, 0.2) is 0 Å². The summed E-state index contributed by atoms with van der Waals surface area (Å²) < 4.78 is 0. The zero-order valence-electron chi connectivity index (χ0n) is 12.6. The molecule has 108 valence electrons. The fourth-order valence-corrected chi connectivity index (χ4v) is 2.67. The van der Waals surface area contributed by atoms with Crippen molar-refractivity contribution in [3.63, 3.8) is 0 Å². The maximum absolute atomic E-state index is 8.93. The fraction of sp³-hybridized carbons (Fsp3) is 0.600. The van der Waals surface area contributed by atoms with Gasteiger partial charge in [-0.15, -0.1) is 0 Å². The van der Waals surface area contributed by atoms with Crippen LogP contribution in [0.2, 0.25) is 0 Å². The summed E-state index contributed by atoms with van der Waals surface area (Å²) in [5.74, 6) is 0.782. The second kappa shape index (κ2) is 6.21. The lowest BCUT2D eigenvalue weighted by Gasteiger charge is -2.45. The third-order valence-corrected chi connectivity index (χ3v) is 4.35. The summed E-state index contributed by atoms with van der Waals surface area (Å²) in [4.78, 5) is 8.98. The van der Waals surface area contributed by atoms with Crippen LogP contribution in [0.5, 0.6) is 0 Å². The van der Waals surface area contributed by atoms with Crippen molar-refractivity contribution in [3.05, 3.63) is 23.9 Å². The largest absolute Gasteiger partial charge is 0.368 e. The van der Waals surface area contributed by atoms with Gasteiger partial charge in [0, 0.05) is 18.3 Å². The molecule has 0 aromatic carbocycles. The number of pyridine rings is 1. The molecule has 1 fully saturated rings. The van der Waals surface area contributed by atoms with Crippen LogP contribution in [-0.2, 0) is 0 Å². The zero-order chi connectivity index (χ0) is 14.6. The molecule has 0 unspecified atom stereocenters. The third kappa shape index (κ3) is 3.27. The van der Waals surface area contributed by atoms with E-state index in [0.29, 0.717) is 5.56 Å². The van der Waals surface area contributed by atoms with E-state index in [4.69, 9.17) is 5.26 Å². The van der Waals surface area contributed by atoms with Crippen LogP contribution in [0.4, 0.5) is 5.82 Å². The predicted molar refractivity (Wildman–Crippen MR) is 80.6 cm³/mol. The van der Waals surface area contributed by atoms with Crippen molar-refractivity contribution in [1.29, 1.82) is 5.26 Å². The van der Waals surface area contributed by atoms with Gasteiger partial charge in [-0.05, 0) is 59.2 Å². The van der Waals surface area contributed by atoms with E-state index in [0.717, 1.165) is 38.3 Å². The SMILES string of the molecule is CN1CCC(CNc2cc(C#N)ccn2)(N(C)C)CC1. The Morgan fingerprint density at radius 1 is 1.45 bits per heavy atom. The molecule has 0 bridgehead atoms. The Balaban J connectivity index is 2.04. The van der Waals surface area contributed by atoms with Crippen molar-refractivity contribution in [2.75, 3.05) is 46.1 Å². The molecular weight excluding hydrogens is 250 g/mol. The van der Waals surface area contributed by atoms with Gasteiger partial charge in [-0.1, -0.05) is 0 Å². The quantitative estimate of drug-likeness (QED) is 0.898. The zero-order valence-corrected chi connectivity index (χ0v) is 12.6. The Bertz CT molecular complexity index is 483. The molecule has 2 heterocycles. The maximum atomic E-state index is 8.93. The van der Waals surface area contributed by atoms with Gasteiger partial charge < -0.3 is 15.1 Å². The Morgan fingerprint density at radius 3 is 2.75 bits per heavy atom. The van der Waals surface area contributed by atoms with Crippen LogP contribution in [0.25, 0.3) is 0 Å². The van der Waals surface area contributed by atoms with Gasteiger partial charge in [0.2, 0.25) is 0 Å². The molecule has 5 heteroatoms. The van der Waals surface area contributed by atoms with E-state index in [9.17, 15) is 0 Å². The third-order valence-electron chi connectivity index (χ3n) is 4.35. The lowest BCUT2D eigenvalue weighted by atomic mass is 9.86. The van der Waals surface area contributed by atoms with E-state index >= 15 is 0 Å². The normalized spacial score (nSPS) is 18.8. The minimum atomic E-state index is 0.164. The molecule has 1 aliphatic rings. The topological polar surface area (TPSA) is 55.2 Å².